The van der Waals surface area contributed by atoms with Crippen molar-refractivity contribution in [2.24, 2.45) is 0 Å². The molecule has 2 rings (SSSR count). The topological polar surface area (TPSA) is 9.23 Å². The maximum atomic E-state index is 5.52. The Labute approximate surface area is 95.9 Å². The van der Waals surface area contributed by atoms with Crippen LogP contribution in [0.3, 0.4) is 0 Å². The van der Waals surface area contributed by atoms with Gasteiger partial charge in [0, 0.05) is 6.07 Å². The van der Waals surface area contributed by atoms with Gasteiger partial charge in [-0.1, -0.05) is 36.4 Å². The first-order chi connectivity index (χ1) is 6.45. The molecule has 0 atom stereocenters. The van der Waals surface area contributed by atoms with E-state index >= 15 is 0 Å². The molecule has 65 valence electrons. The molecule has 0 aliphatic rings. The minimum atomic E-state index is 0. The molecule has 0 spiro atoms. The van der Waals surface area contributed by atoms with Crippen LogP contribution in [0.25, 0.3) is 0 Å². The Morgan fingerprint density at radius 3 is 2.21 bits per heavy atom. The van der Waals surface area contributed by atoms with Crippen molar-refractivity contribution >= 4 is 18.9 Å². The molecular formula is C12H10LiO. The predicted molar refractivity (Wildman–Crippen MR) is 58.9 cm³/mol. The summed E-state index contributed by atoms with van der Waals surface area (Å²) < 4.78 is 5.52. The molecule has 2 heteroatoms. The summed E-state index contributed by atoms with van der Waals surface area (Å²) in [5.74, 6) is 1.58. The quantitative estimate of drug-likeness (QED) is 0.640. The van der Waals surface area contributed by atoms with Gasteiger partial charge in [0.25, 0.3) is 0 Å². The minimum absolute atomic E-state index is 0. The SMILES string of the molecule is [LiH].[c]1ccccc1Oc1ccccc1. The number of rotatable bonds is 2. The van der Waals surface area contributed by atoms with E-state index in [4.69, 9.17) is 4.74 Å². The normalized spacial score (nSPS) is 8.86. The summed E-state index contributed by atoms with van der Waals surface area (Å²) in [5, 5.41) is 0. The molecule has 0 unspecified atom stereocenters. The molecular weight excluding hydrogens is 167 g/mol. The minimum Gasteiger partial charge on any atom is -0.457 e. The molecule has 1 nitrogen and oxygen atoms in total. The van der Waals surface area contributed by atoms with Crippen LogP contribution in [0, 0.1) is 6.07 Å². The second kappa shape index (κ2) is 5.54. The smallest absolute Gasteiger partial charge is 0.135 e. The third kappa shape index (κ3) is 2.96. The van der Waals surface area contributed by atoms with Crippen molar-refractivity contribution in [1.29, 1.82) is 0 Å². The molecule has 0 amide bonds. The van der Waals surface area contributed by atoms with E-state index in [9.17, 15) is 0 Å². The second-order valence-electron chi connectivity index (χ2n) is 2.64. The molecule has 2 aromatic carbocycles. The fourth-order valence-electron chi connectivity index (χ4n) is 1.06. The Balaban J connectivity index is 0.000000980. The van der Waals surface area contributed by atoms with Crippen LogP contribution in [0.2, 0.25) is 0 Å². The number of hydrogen-bond donors (Lipinski definition) is 0. The van der Waals surface area contributed by atoms with E-state index in [1.165, 1.54) is 0 Å². The Morgan fingerprint density at radius 2 is 1.57 bits per heavy atom. The Morgan fingerprint density at radius 1 is 0.857 bits per heavy atom. The summed E-state index contributed by atoms with van der Waals surface area (Å²) in [4.78, 5) is 0. The molecule has 14 heavy (non-hydrogen) atoms. The zero-order valence-corrected chi connectivity index (χ0v) is 7.10. The van der Waals surface area contributed by atoms with Crippen molar-refractivity contribution in [2.75, 3.05) is 0 Å². The van der Waals surface area contributed by atoms with Gasteiger partial charge in [0.15, 0.2) is 0 Å². The van der Waals surface area contributed by atoms with E-state index in [1.807, 2.05) is 54.6 Å². The monoisotopic (exact) mass is 177 g/mol. The number of para-hydroxylation sites is 2. The summed E-state index contributed by atoms with van der Waals surface area (Å²) in [6.07, 6.45) is 0. The predicted octanol–water partition coefficient (Wildman–Crippen LogP) is 2.63. The van der Waals surface area contributed by atoms with E-state index in [2.05, 4.69) is 6.07 Å². The molecule has 1 radical (unpaired) electrons. The Hall–Kier alpha value is -1.16. The van der Waals surface area contributed by atoms with E-state index in [1.54, 1.807) is 0 Å². The molecule has 0 saturated heterocycles. The first-order valence-electron chi connectivity index (χ1n) is 4.15. The molecule has 0 aromatic heterocycles. The van der Waals surface area contributed by atoms with Gasteiger partial charge in [-0.05, 0) is 18.2 Å². The molecule has 2 aromatic rings. The van der Waals surface area contributed by atoms with Crippen LogP contribution in [-0.4, -0.2) is 18.9 Å². The van der Waals surface area contributed by atoms with Crippen LogP contribution in [0.4, 0.5) is 0 Å². The summed E-state index contributed by atoms with van der Waals surface area (Å²) in [6.45, 7) is 0. The number of hydrogen-bond acceptors (Lipinski definition) is 1. The third-order valence-electron chi connectivity index (χ3n) is 1.65. The van der Waals surface area contributed by atoms with Crippen molar-refractivity contribution in [2.45, 2.75) is 0 Å². The largest absolute Gasteiger partial charge is 0.457 e. The van der Waals surface area contributed by atoms with Crippen LogP contribution in [0.5, 0.6) is 11.5 Å². The van der Waals surface area contributed by atoms with Crippen molar-refractivity contribution in [3.8, 4) is 11.5 Å². The van der Waals surface area contributed by atoms with Gasteiger partial charge in [0.05, 0.1) is 0 Å². The summed E-state index contributed by atoms with van der Waals surface area (Å²) in [7, 11) is 0. The molecule has 0 N–H and O–H groups in total. The zero-order valence-electron chi connectivity index (χ0n) is 7.10. The zero-order chi connectivity index (χ0) is 8.93. The first-order valence-corrected chi connectivity index (χ1v) is 4.15. The van der Waals surface area contributed by atoms with Crippen molar-refractivity contribution in [3.05, 3.63) is 60.7 Å². The fourth-order valence-corrected chi connectivity index (χ4v) is 1.06. The second-order valence-corrected chi connectivity index (χ2v) is 2.64. The molecule has 0 heterocycles. The molecule has 0 saturated carbocycles. The molecule has 0 fully saturated rings. The van der Waals surface area contributed by atoms with Crippen LogP contribution < -0.4 is 4.74 Å². The Bertz CT molecular complexity index is 321. The van der Waals surface area contributed by atoms with Gasteiger partial charge in [0.2, 0.25) is 0 Å². The van der Waals surface area contributed by atoms with Gasteiger partial charge in [-0.2, -0.15) is 0 Å². The molecule has 0 aliphatic heterocycles. The van der Waals surface area contributed by atoms with Gasteiger partial charge < -0.3 is 4.74 Å². The van der Waals surface area contributed by atoms with Gasteiger partial charge in [-0.15, -0.1) is 0 Å². The first kappa shape index (κ1) is 10.9. The fraction of sp³-hybridized carbons (Fsp3) is 0. The average molecular weight is 177 g/mol. The van der Waals surface area contributed by atoms with Gasteiger partial charge in [-0.3, -0.25) is 0 Å². The van der Waals surface area contributed by atoms with Crippen molar-refractivity contribution < 1.29 is 4.74 Å². The number of benzene rings is 2. The number of ether oxygens (including phenoxy) is 1. The van der Waals surface area contributed by atoms with Crippen LogP contribution >= 0.6 is 0 Å². The summed E-state index contributed by atoms with van der Waals surface area (Å²) in [6, 6.07) is 20.2. The maximum absolute atomic E-state index is 5.52. The molecule has 0 bridgehead atoms. The van der Waals surface area contributed by atoms with E-state index in [0.717, 1.165) is 11.5 Å². The van der Waals surface area contributed by atoms with E-state index in [0.29, 0.717) is 0 Å². The van der Waals surface area contributed by atoms with Crippen molar-refractivity contribution in [1.82, 2.24) is 0 Å². The van der Waals surface area contributed by atoms with Gasteiger partial charge >= 0.3 is 18.9 Å². The summed E-state index contributed by atoms with van der Waals surface area (Å²) in [5.41, 5.74) is 0. The van der Waals surface area contributed by atoms with E-state index < -0.39 is 0 Å². The molecule has 0 aliphatic carbocycles. The maximum Gasteiger partial charge on any atom is 0.135 e. The average Bonchev–Trinajstić information content (AvgIpc) is 2.21. The standard InChI is InChI=1S/C12H9O.Li.H/c1-3-7-11(8-4-1)13-12-9-5-2-6-10-12;;/h1-9H;;. The van der Waals surface area contributed by atoms with Crippen LogP contribution in [0.15, 0.2) is 54.6 Å². The van der Waals surface area contributed by atoms with Crippen molar-refractivity contribution in [3.63, 3.8) is 0 Å². The van der Waals surface area contributed by atoms with Crippen LogP contribution in [-0.2, 0) is 0 Å². The van der Waals surface area contributed by atoms with Gasteiger partial charge in [-0.25, -0.2) is 0 Å². The Kier molecular flexibility index (Phi) is 4.32. The van der Waals surface area contributed by atoms with Crippen LogP contribution in [0.1, 0.15) is 0 Å². The summed E-state index contributed by atoms with van der Waals surface area (Å²) >= 11 is 0. The van der Waals surface area contributed by atoms with Gasteiger partial charge in [0.1, 0.15) is 11.5 Å². The third-order valence-corrected chi connectivity index (χ3v) is 1.65. The van der Waals surface area contributed by atoms with E-state index in [-0.39, 0.29) is 18.9 Å².